The zero-order chi connectivity index (χ0) is 16.1. The average molecular weight is 301 g/mol. The van der Waals surface area contributed by atoms with Crippen molar-refractivity contribution in [1.29, 1.82) is 0 Å². The first-order valence-corrected chi connectivity index (χ1v) is 7.19. The SMILES string of the molecule is C=CC[C@H](C(C)=O)C(=O)N1C(=O)OC[C@@H]1Cc1ccccc1. The maximum absolute atomic E-state index is 12.5. The highest BCUT2D eigenvalue weighted by Gasteiger charge is 2.41. The third-order valence-corrected chi connectivity index (χ3v) is 3.70. The molecule has 0 saturated carbocycles. The number of ketones is 1. The Hall–Kier alpha value is -2.43. The minimum atomic E-state index is -0.874. The Bertz CT molecular complexity index is 582. The Balaban J connectivity index is 2.18. The van der Waals surface area contributed by atoms with Crippen LogP contribution in [0.4, 0.5) is 4.79 Å². The van der Waals surface area contributed by atoms with Gasteiger partial charge in [0.25, 0.3) is 0 Å². The first-order chi connectivity index (χ1) is 10.5. The van der Waals surface area contributed by atoms with Crippen molar-refractivity contribution in [3.8, 4) is 0 Å². The zero-order valence-corrected chi connectivity index (χ0v) is 12.5. The predicted molar refractivity (Wildman–Crippen MR) is 81.1 cm³/mol. The molecule has 5 heteroatoms. The number of carbonyl (C=O) groups excluding carboxylic acids is 3. The number of rotatable bonds is 6. The number of hydrogen-bond donors (Lipinski definition) is 0. The molecule has 0 N–H and O–H groups in total. The fraction of sp³-hybridized carbons (Fsp3) is 0.353. The average Bonchev–Trinajstić information content (AvgIpc) is 2.85. The molecule has 2 atom stereocenters. The molecule has 0 bridgehead atoms. The summed E-state index contributed by atoms with van der Waals surface area (Å²) in [6.45, 7) is 5.06. The lowest BCUT2D eigenvalue weighted by Gasteiger charge is -2.23. The molecule has 1 aliphatic rings. The van der Waals surface area contributed by atoms with Gasteiger partial charge in [0.15, 0.2) is 0 Å². The van der Waals surface area contributed by atoms with Gasteiger partial charge in [0.2, 0.25) is 5.91 Å². The van der Waals surface area contributed by atoms with Crippen molar-refractivity contribution in [3.63, 3.8) is 0 Å². The zero-order valence-electron chi connectivity index (χ0n) is 12.5. The normalized spacial score (nSPS) is 18.7. The Kier molecular flexibility index (Phi) is 5.09. The van der Waals surface area contributed by atoms with E-state index in [2.05, 4.69) is 6.58 Å². The van der Waals surface area contributed by atoms with Crippen LogP contribution in [0.1, 0.15) is 18.9 Å². The highest BCUT2D eigenvalue weighted by molar-refractivity contribution is 6.06. The Morgan fingerprint density at radius 2 is 2.09 bits per heavy atom. The van der Waals surface area contributed by atoms with E-state index in [0.717, 1.165) is 10.5 Å². The van der Waals surface area contributed by atoms with Gasteiger partial charge in [0.1, 0.15) is 18.3 Å². The smallest absolute Gasteiger partial charge is 0.417 e. The van der Waals surface area contributed by atoms with Crippen molar-refractivity contribution in [2.75, 3.05) is 6.61 Å². The van der Waals surface area contributed by atoms with E-state index in [0.29, 0.717) is 6.42 Å². The van der Waals surface area contributed by atoms with Gasteiger partial charge in [-0.25, -0.2) is 9.69 Å². The number of amides is 2. The fourth-order valence-electron chi connectivity index (χ4n) is 2.54. The number of Topliss-reactive ketones (excluding diaryl/α,β-unsaturated/α-hetero) is 1. The van der Waals surface area contributed by atoms with E-state index >= 15 is 0 Å². The molecule has 1 aliphatic heterocycles. The van der Waals surface area contributed by atoms with Crippen molar-refractivity contribution in [2.45, 2.75) is 25.8 Å². The summed E-state index contributed by atoms with van der Waals surface area (Å²) in [5.41, 5.74) is 1.01. The predicted octanol–water partition coefficient (Wildman–Crippen LogP) is 2.36. The second-order valence-corrected chi connectivity index (χ2v) is 5.32. The van der Waals surface area contributed by atoms with Crippen LogP contribution in [0.15, 0.2) is 43.0 Å². The third kappa shape index (κ3) is 3.42. The number of cyclic esters (lactones) is 1. The van der Waals surface area contributed by atoms with Gasteiger partial charge in [-0.3, -0.25) is 9.59 Å². The number of benzene rings is 1. The highest BCUT2D eigenvalue weighted by atomic mass is 16.6. The summed E-state index contributed by atoms with van der Waals surface area (Å²) in [7, 11) is 0. The molecule has 2 rings (SSSR count). The van der Waals surface area contributed by atoms with Crippen LogP contribution in [0.2, 0.25) is 0 Å². The van der Waals surface area contributed by atoms with Gasteiger partial charge in [0.05, 0.1) is 6.04 Å². The lowest BCUT2D eigenvalue weighted by molar-refractivity contribution is -0.138. The monoisotopic (exact) mass is 301 g/mol. The van der Waals surface area contributed by atoms with Gasteiger partial charge in [-0.2, -0.15) is 0 Å². The van der Waals surface area contributed by atoms with E-state index in [1.807, 2.05) is 30.3 Å². The third-order valence-electron chi connectivity index (χ3n) is 3.70. The summed E-state index contributed by atoms with van der Waals surface area (Å²) in [5.74, 6) is -1.65. The molecule has 1 saturated heterocycles. The van der Waals surface area contributed by atoms with Crippen LogP contribution in [0.3, 0.4) is 0 Å². The maximum Gasteiger partial charge on any atom is 0.417 e. The van der Waals surface area contributed by atoms with Crippen LogP contribution in [0.25, 0.3) is 0 Å². The van der Waals surface area contributed by atoms with E-state index in [1.54, 1.807) is 0 Å². The number of nitrogens with zero attached hydrogens (tertiary/aromatic N) is 1. The van der Waals surface area contributed by atoms with Gasteiger partial charge in [0, 0.05) is 0 Å². The lowest BCUT2D eigenvalue weighted by atomic mass is 9.98. The Morgan fingerprint density at radius 3 is 2.68 bits per heavy atom. The molecule has 22 heavy (non-hydrogen) atoms. The van der Waals surface area contributed by atoms with Crippen LogP contribution in [0.5, 0.6) is 0 Å². The first kappa shape index (κ1) is 15.9. The van der Waals surface area contributed by atoms with Crippen LogP contribution in [-0.4, -0.2) is 35.3 Å². The quantitative estimate of drug-likeness (QED) is 0.597. The summed E-state index contributed by atoms with van der Waals surface area (Å²) < 4.78 is 5.01. The van der Waals surface area contributed by atoms with Crippen molar-refractivity contribution >= 4 is 17.8 Å². The molecule has 1 fully saturated rings. The first-order valence-electron chi connectivity index (χ1n) is 7.19. The summed E-state index contributed by atoms with van der Waals surface area (Å²) in [6, 6.07) is 9.17. The Labute approximate surface area is 129 Å². The number of allylic oxidation sites excluding steroid dienone is 1. The van der Waals surface area contributed by atoms with Crippen LogP contribution >= 0.6 is 0 Å². The second kappa shape index (κ2) is 7.02. The minimum Gasteiger partial charge on any atom is -0.447 e. The van der Waals surface area contributed by atoms with E-state index in [-0.39, 0.29) is 24.9 Å². The van der Waals surface area contributed by atoms with E-state index in [9.17, 15) is 14.4 Å². The maximum atomic E-state index is 12.5. The van der Waals surface area contributed by atoms with Gasteiger partial charge >= 0.3 is 6.09 Å². The summed E-state index contributed by atoms with van der Waals surface area (Å²) in [4.78, 5) is 37.2. The van der Waals surface area contributed by atoms with Crippen molar-refractivity contribution in [1.82, 2.24) is 4.90 Å². The molecule has 0 spiro atoms. The number of ether oxygens (including phenoxy) is 1. The van der Waals surface area contributed by atoms with Crippen LogP contribution in [0, 0.1) is 5.92 Å². The van der Waals surface area contributed by atoms with Crippen molar-refractivity contribution in [3.05, 3.63) is 48.6 Å². The number of imide groups is 1. The van der Waals surface area contributed by atoms with Crippen LogP contribution < -0.4 is 0 Å². The van der Waals surface area contributed by atoms with E-state index < -0.39 is 17.9 Å². The molecule has 116 valence electrons. The summed E-state index contributed by atoms with van der Waals surface area (Å²) in [5, 5.41) is 0. The number of hydrogen-bond acceptors (Lipinski definition) is 4. The molecule has 0 unspecified atom stereocenters. The molecule has 0 aromatic heterocycles. The number of carbonyl (C=O) groups is 3. The molecule has 2 amide bonds. The summed E-state index contributed by atoms with van der Waals surface area (Å²) >= 11 is 0. The fourth-order valence-corrected chi connectivity index (χ4v) is 2.54. The molecule has 1 heterocycles. The van der Waals surface area contributed by atoms with Crippen LogP contribution in [-0.2, 0) is 20.7 Å². The molecule has 1 aromatic carbocycles. The molecular formula is C17H19NO4. The minimum absolute atomic E-state index is 0.151. The Morgan fingerprint density at radius 1 is 1.41 bits per heavy atom. The van der Waals surface area contributed by atoms with E-state index in [1.165, 1.54) is 13.0 Å². The van der Waals surface area contributed by atoms with Gasteiger partial charge in [-0.1, -0.05) is 36.4 Å². The van der Waals surface area contributed by atoms with E-state index in [4.69, 9.17) is 4.74 Å². The summed E-state index contributed by atoms with van der Waals surface area (Å²) in [6.07, 6.45) is 1.56. The van der Waals surface area contributed by atoms with Gasteiger partial charge < -0.3 is 4.74 Å². The van der Waals surface area contributed by atoms with Crippen molar-refractivity contribution in [2.24, 2.45) is 5.92 Å². The molecular weight excluding hydrogens is 282 g/mol. The highest BCUT2D eigenvalue weighted by Crippen LogP contribution is 2.21. The molecule has 1 aromatic rings. The topological polar surface area (TPSA) is 63.7 Å². The molecule has 5 nitrogen and oxygen atoms in total. The van der Waals surface area contributed by atoms with Gasteiger partial charge in [-0.15, -0.1) is 6.58 Å². The molecule has 0 radical (unpaired) electrons. The largest absolute Gasteiger partial charge is 0.447 e. The lowest BCUT2D eigenvalue weighted by Crippen LogP contribution is -2.45. The van der Waals surface area contributed by atoms with Crippen molar-refractivity contribution < 1.29 is 19.1 Å². The molecule has 0 aliphatic carbocycles. The van der Waals surface area contributed by atoms with Gasteiger partial charge in [-0.05, 0) is 25.3 Å². The standard InChI is InChI=1S/C17H19NO4/c1-3-7-15(12(2)19)16(20)18-14(11-22-17(18)21)10-13-8-5-4-6-9-13/h3-6,8-9,14-15H,1,7,10-11H2,2H3/t14-,15+/m0/s1. The second-order valence-electron chi connectivity index (χ2n) is 5.32.